The maximum atomic E-state index is 14.9. The highest BCUT2D eigenvalue weighted by Gasteiger charge is 2.40. The van der Waals surface area contributed by atoms with E-state index in [-0.39, 0.29) is 28.6 Å². The monoisotopic (exact) mass is 637 g/mol. The fourth-order valence-electron chi connectivity index (χ4n) is 4.22. The highest BCUT2D eigenvalue weighted by atomic mass is 127. The summed E-state index contributed by atoms with van der Waals surface area (Å²) in [4.78, 5) is 10.7. The van der Waals surface area contributed by atoms with Gasteiger partial charge in [-0.2, -0.15) is 0 Å². The molecule has 190 valence electrons. The van der Waals surface area contributed by atoms with Gasteiger partial charge in [0.25, 0.3) is 6.43 Å². The van der Waals surface area contributed by atoms with Gasteiger partial charge in [0.1, 0.15) is 17.4 Å². The fourth-order valence-corrected chi connectivity index (χ4v) is 5.49. The number of imidazole rings is 1. The Hall–Kier alpha value is -2.99. The van der Waals surface area contributed by atoms with Gasteiger partial charge in [-0.15, -0.1) is 11.8 Å². The van der Waals surface area contributed by atoms with Crippen molar-refractivity contribution in [3.05, 3.63) is 93.5 Å². The first-order chi connectivity index (χ1) is 17.7. The molecular weight excluding hydrogens is 617 g/mol. The average molecular weight is 637 g/mol. The van der Waals surface area contributed by atoms with Crippen molar-refractivity contribution in [2.75, 3.05) is 6.26 Å². The summed E-state index contributed by atoms with van der Waals surface area (Å²) in [5, 5.41) is 0.795. The molecule has 5 aromatic rings. The van der Waals surface area contributed by atoms with Crippen LogP contribution in [0.5, 0.6) is 11.5 Å². The van der Waals surface area contributed by atoms with Crippen LogP contribution in [0.4, 0.5) is 17.6 Å². The highest BCUT2D eigenvalue weighted by Crippen LogP contribution is 2.41. The molecule has 5 rings (SSSR count). The van der Waals surface area contributed by atoms with E-state index >= 15 is 0 Å². The van der Waals surface area contributed by atoms with Gasteiger partial charge in [0, 0.05) is 32.9 Å². The fraction of sp³-hybridized carbons (Fsp3) is 0.148. The minimum atomic E-state index is -2.75. The van der Waals surface area contributed by atoms with Gasteiger partial charge in [-0.25, -0.2) is 22.5 Å². The number of hydrogen-bond donors (Lipinski definition) is 2. The van der Waals surface area contributed by atoms with E-state index in [1.54, 1.807) is 24.4 Å². The van der Waals surface area contributed by atoms with Gasteiger partial charge in [-0.1, -0.05) is 12.1 Å². The predicted molar refractivity (Wildman–Crippen MR) is 146 cm³/mol. The van der Waals surface area contributed by atoms with Crippen molar-refractivity contribution in [3.8, 4) is 22.9 Å². The Labute approximate surface area is 228 Å². The van der Waals surface area contributed by atoms with E-state index in [9.17, 15) is 17.6 Å². The molecule has 0 bridgehead atoms. The molecule has 0 radical (unpaired) electrons. The lowest BCUT2D eigenvalue weighted by Crippen LogP contribution is -2.33. The molecule has 0 fully saturated rings. The Morgan fingerprint density at radius 1 is 1.05 bits per heavy atom. The van der Waals surface area contributed by atoms with E-state index in [1.165, 1.54) is 49.1 Å². The van der Waals surface area contributed by atoms with Crippen molar-refractivity contribution in [3.63, 3.8) is 0 Å². The molecule has 10 heteroatoms. The van der Waals surface area contributed by atoms with Gasteiger partial charge in [0.15, 0.2) is 11.6 Å². The number of nitrogens with zero attached hydrogens (tertiary/aromatic N) is 1. The molecule has 0 aliphatic carbocycles. The maximum absolute atomic E-state index is 14.9. The largest absolute Gasteiger partial charge is 0.453 e. The molecule has 37 heavy (non-hydrogen) atoms. The van der Waals surface area contributed by atoms with Crippen LogP contribution in [0.3, 0.4) is 0 Å². The van der Waals surface area contributed by atoms with Crippen LogP contribution in [-0.2, 0) is 5.41 Å². The molecule has 2 aromatic heterocycles. The lowest BCUT2D eigenvalue weighted by atomic mass is 9.80. The Kier molecular flexibility index (Phi) is 6.97. The van der Waals surface area contributed by atoms with E-state index in [0.717, 1.165) is 8.96 Å². The number of H-pyrrole nitrogens is 2. The number of hydrogen-bond acceptors (Lipinski definition) is 3. The second-order valence-corrected chi connectivity index (χ2v) is 10.6. The number of rotatable bonds is 7. The molecule has 0 aliphatic rings. The van der Waals surface area contributed by atoms with Crippen molar-refractivity contribution < 1.29 is 22.3 Å². The van der Waals surface area contributed by atoms with Crippen molar-refractivity contribution in [2.24, 2.45) is 0 Å². The summed E-state index contributed by atoms with van der Waals surface area (Å²) in [7, 11) is 0. The van der Waals surface area contributed by atoms with E-state index in [2.05, 4.69) is 37.5 Å². The Bertz CT molecular complexity index is 1600. The summed E-state index contributed by atoms with van der Waals surface area (Å²) in [6.45, 7) is 1.42. The van der Waals surface area contributed by atoms with Gasteiger partial charge in [0.2, 0.25) is 0 Å². The van der Waals surface area contributed by atoms with Crippen molar-refractivity contribution >= 4 is 45.3 Å². The van der Waals surface area contributed by atoms with Gasteiger partial charge in [-0.05, 0) is 77.7 Å². The van der Waals surface area contributed by atoms with Crippen LogP contribution in [0.15, 0.2) is 71.9 Å². The molecular formula is C27H20F4IN3OS. The van der Waals surface area contributed by atoms with Crippen LogP contribution in [0.1, 0.15) is 18.2 Å². The van der Waals surface area contributed by atoms with Gasteiger partial charge in [0.05, 0.1) is 21.6 Å². The van der Waals surface area contributed by atoms with Crippen molar-refractivity contribution in [1.29, 1.82) is 0 Å². The molecule has 2 N–H and O–H groups in total. The van der Waals surface area contributed by atoms with E-state index in [4.69, 9.17) is 4.74 Å². The predicted octanol–water partition coefficient (Wildman–Crippen LogP) is 8.53. The highest BCUT2D eigenvalue weighted by molar-refractivity contribution is 14.1. The Morgan fingerprint density at radius 3 is 2.59 bits per heavy atom. The van der Waals surface area contributed by atoms with Crippen LogP contribution >= 0.6 is 34.4 Å². The van der Waals surface area contributed by atoms with Crippen LogP contribution < -0.4 is 4.74 Å². The zero-order valence-electron chi connectivity index (χ0n) is 19.6. The molecule has 3 aromatic carbocycles. The van der Waals surface area contributed by atoms with E-state index < -0.39 is 23.5 Å². The topological polar surface area (TPSA) is 53.7 Å². The Balaban J connectivity index is 1.53. The second-order valence-electron chi connectivity index (χ2n) is 8.56. The number of nitrogens with one attached hydrogen (secondary N) is 2. The minimum Gasteiger partial charge on any atom is -0.453 e. The number of alkyl halides is 2. The first-order valence-electron chi connectivity index (χ1n) is 11.1. The number of halogens is 5. The smallest absolute Gasteiger partial charge is 0.253 e. The number of ether oxygens (including phenoxy) is 1. The van der Waals surface area contributed by atoms with Crippen LogP contribution in [0, 0.1) is 15.2 Å². The third-order valence-electron chi connectivity index (χ3n) is 6.33. The lowest BCUT2D eigenvalue weighted by Gasteiger charge is -2.28. The van der Waals surface area contributed by atoms with Crippen molar-refractivity contribution in [1.82, 2.24) is 15.0 Å². The molecule has 4 nitrogen and oxygen atoms in total. The summed E-state index contributed by atoms with van der Waals surface area (Å²) in [6.07, 6.45) is 2.05. The molecule has 0 spiro atoms. The van der Waals surface area contributed by atoms with E-state index in [1.807, 2.05) is 18.4 Å². The van der Waals surface area contributed by atoms with Crippen molar-refractivity contribution in [2.45, 2.75) is 23.7 Å². The summed E-state index contributed by atoms with van der Waals surface area (Å²) < 4.78 is 65.3. The molecule has 0 aliphatic heterocycles. The SMILES string of the molecule is CSc1c(Oc2ccc(F)c(-c3ncc(C(C)(c4cccc(I)c4)C(F)F)[nH]3)c2)c(F)cc2[nH]ccc12. The third kappa shape index (κ3) is 4.61. The molecule has 0 saturated carbocycles. The number of aromatic amines is 2. The molecule has 1 unspecified atom stereocenters. The Morgan fingerprint density at radius 2 is 1.86 bits per heavy atom. The van der Waals surface area contributed by atoms with E-state index in [0.29, 0.717) is 16.0 Å². The average Bonchev–Trinajstić information content (AvgIpc) is 3.55. The number of thioether (sulfide) groups is 1. The normalized spacial score (nSPS) is 13.3. The summed E-state index contributed by atoms with van der Waals surface area (Å²) in [6, 6.07) is 13.9. The standard InChI is InChI=1S/C27H20F4IN3OS/c1-27(26(30)31,14-4-3-5-15(32)10-14)22-13-34-25(35-22)18-11-16(6-7-19(18)28)36-23-20(29)12-21-17(8-9-33-21)24(23)37-2/h3-13,26,33H,1-2H3,(H,34,35). The van der Waals surface area contributed by atoms with Crippen LogP contribution in [0.2, 0.25) is 0 Å². The number of benzene rings is 3. The summed E-state index contributed by atoms with van der Waals surface area (Å²) >= 11 is 3.39. The van der Waals surface area contributed by atoms with Gasteiger partial charge >= 0.3 is 0 Å². The van der Waals surface area contributed by atoms with Crippen LogP contribution in [0.25, 0.3) is 22.3 Å². The van der Waals surface area contributed by atoms with Gasteiger partial charge < -0.3 is 14.7 Å². The molecule has 0 amide bonds. The second kappa shape index (κ2) is 10.1. The summed E-state index contributed by atoms with van der Waals surface area (Å²) in [5.74, 6) is -0.959. The maximum Gasteiger partial charge on any atom is 0.253 e. The quantitative estimate of drug-likeness (QED) is 0.107. The first-order valence-corrected chi connectivity index (χ1v) is 13.4. The number of fused-ring (bicyclic) bond motifs is 1. The zero-order valence-corrected chi connectivity index (χ0v) is 22.6. The molecule has 2 heterocycles. The van der Waals surface area contributed by atoms with Crippen LogP contribution in [-0.4, -0.2) is 27.6 Å². The first kappa shape index (κ1) is 25.7. The van der Waals surface area contributed by atoms with Gasteiger partial charge in [-0.3, -0.25) is 0 Å². The number of aromatic nitrogens is 3. The molecule has 1 atom stereocenters. The minimum absolute atomic E-state index is 0.0110. The summed E-state index contributed by atoms with van der Waals surface area (Å²) in [5.41, 5.74) is -0.510. The zero-order chi connectivity index (χ0) is 26.3. The molecule has 0 saturated heterocycles. The third-order valence-corrected chi connectivity index (χ3v) is 7.82. The lowest BCUT2D eigenvalue weighted by molar-refractivity contribution is 0.0788.